The third kappa shape index (κ3) is 12.9. The second-order valence-corrected chi connectivity index (χ2v) is 14.6. The predicted octanol–water partition coefficient (Wildman–Crippen LogP) is 4.75. The lowest BCUT2D eigenvalue weighted by Gasteiger charge is -2.34. The Morgan fingerprint density at radius 2 is 1.51 bits per heavy atom. The van der Waals surface area contributed by atoms with Gasteiger partial charge in [-0.05, 0) is 76.8 Å². The summed E-state index contributed by atoms with van der Waals surface area (Å²) < 4.78 is 41.6. The zero-order valence-electron chi connectivity index (χ0n) is 30.1. The number of carbonyl (C=O) groups is 5. The molecule has 1 aromatic rings. The van der Waals surface area contributed by atoms with Crippen LogP contribution in [0.2, 0.25) is 0 Å². The molecule has 0 aromatic heterocycles. The Balaban J connectivity index is 1.92. The van der Waals surface area contributed by atoms with Crippen molar-refractivity contribution in [1.29, 1.82) is 0 Å². The lowest BCUT2D eigenvalue weighted by Crippen LogP contribution is -2.52. The summed E-state index contributed by atoms with van der Waals surface area (Å²) in [5.74, 6) is -2.71. The number of amides is 2. The molecule has 12 nitrogen and oxygen atoms in total. The number of alkyl halides is 1. The molecule has 1 aliphatic carbocycles. The Bertz CT molecular complexity index is 1300. The van der Waals surface area contributed by atoms with Crippen LogP contribution in [0.25, 0.3) is 0 Å². The number of rotatable bonds is 15. The van der Waals surface area contributed by atoms with Gasteiger partial charge in [-0.15, -0.1) is 0 Å². The largest absolute Gasteiger partial charge is 0.466 e. The average Bonchev–Trinajstić information content (AvgIpc) is 3.87. The number of likely N-dealkylation sites (N-methyl/N-ethyl adjacent to an activating group) is 2. The van der Waals surface area contributed by atoms with Gasteiger partial charge in [-0.1, -0.05) is 37.1 Å². The summed E-state index contributed by atoms with van der Waals surface area (Å²) in [5, 5.41) is 0. The highest BCUT2D eigenvalue weighted by atomic mass is 19.1. The highest BCUT2D eigenvalue weighted by Gasteiger charge is 2.41. The van der Waals surface area contributed by atoms with Gasteiger partial charge in [0.2, 0.25) is 0 Å². The van der Waals surface area contributed by atoms with Gasteiger partial charge in [0, 0.05) is 40.2 Å². The SMILES string of the molecule is COC(=O)COC(=O)[C@H](CC1CC1)N(C)C(=O)[C@@H](Cc1ccc(C2CCOCC2)cc1)OC(=O)[C@H](CC(C)(C)F)N(C)C(=O)OC(C)(C)C. The van der Waals surface area contributed by atoms with Crippen molar-refractivity contribution in [1.82, 2.24) is 9.80 Å². The lowest BCUT2D eigenvalue weighted by atomic mass is 9.90. The van der Waals surface area contributed by atoms with Crippen molar-refractivity contribution in [2.75, 3.05) is 41.0 Å². The van der Waals surface area contributed by atoms with Crippen LogP contribution in [0.1, 0.15) is 90.2 Å². The van der Waals surface area contributed by atoms with E-state index < -0.39 is 72.4 Å². The monoisotopic (exact) mass is 692 g/mol. The highest BCUT2D eigenvalue weighted by Crippen LogP contribution is 2.35. The van der Waals surface area contributed by atoms with Crippen molar-refractivity contribution < 1.29 is 52.0 Å². The molecule has 0 spiro atoms. The molecule has 0 N–H and O–H groups in total. The normalized spacial score (nSPS) is 17.2. The third-order valence-electron chi connectivity index (χ3n) is 8.63. The van der Waals surface area contributed by atoms with E-state index in [1.807, 2.05) is 24.3 Å². The second kappa shape index (κ2) is 17.3. The topological polar surface area (TPSA) is 138 Å². The maximum absolute atomic E-state index is 15.0. The second-order valence-electron chi connectivity index (χ2n) is 14.6. The molecule has 274 valence electrons. The first-order valence-electron chi connectivity index (χ1n) is 16.9. The zero-order valence-corrected chi connectivity index (χ0v) is 30.1. The molecular weight excluding hydrogens is 639 g/mol. The number of benzene rings is 1. The highest BCUT2D eigenvalue weighted by molar-refractivity contribution is 5.90. The van der Waals surface area contributed by atoms with Gasteiger partial charge in [-0.3, -0.25) is 9.69 Å². The van der Waals surface area contributed by atoms with Gasteiger partial charge in [0.25, 0.3) is 5.91 Å². The number of ether oxygens (including phenoxy) is 5. The number of hydrogen-bond acceptors (Lipinski definition) is 10. The van der Waals surface area contributed by atoms with Crippen LogP contribution in [0.4, 0.5) is 9.18 Å². The van der Waals surface area contributed by atoms with Crippen molar-refractivity contribution in [3.05, 3.63) is 35.4 Å². The summed E-state index contributed by atoms with van der Waals surface area (Å²) in [6, 6.07) is 5.18. The minimum atomic E-state index is -1.89. The molecule has 0 bridgehead atoms. The molecule has 1 heterocycles. The molecule has 2 aliphatic rings. The minimum Gasteiger partial charge on any atom is -0.466 e. The summed E-state index contributed by atoms with van der Waals surface area (Å²) in [6.45, 7) is 8.29. The van der Waals surface area contributed by atoms with Crippen LogP contribution in [-0.4, -0.2) is 110 Å². The van der Waals surface area contributed by atoms with Crippen LogP contribution in [0.15, 0.2) is 24.3 Å². The van der Waals surface area contributed by atoms with E-state index >= 15 is 4.39 Å². The first-order valence-corrected chi connectivity index (χ1v) is 16.9. The van der Waals surface area contributed by atoms with Crippen molar-refractivity contribution in [2.45, 2.75) is 115 Å². The molecule has 3 atom stereocenters. The zero-order chi connectivity index (χ0) is 36.5. The molecule has 1 aromatic carbocycles. The number of hydrogen-bond donors (Lipinski definition) is 0. The number of methoxy groups -OCH3 is 1. The Morgan fingerprint density at radius 1 is 0.898 bits per heavy atom. The van der Waals surface area contributed by atoms with E-state index in [9.17, 15) is 24.0 Å². The maximum Gasteiger partial charge on any atom is 0.410 e. The van der Waals surface area contributed by atoms with E-state index in [1.165, 1.54) is 40.0 Å². The molecular formula is C36H53FN2O10. The van der Waals surface area contributed by atoms with Crippen molar-refractivity contribution in [3.63, 3.8) is 0 Å². The van der Waals surface area contributed by atoms with Crippen molar-refractivity contribution >= 4 is 29.9 Å². The van der Waals surface area contributed by atoms with Gasteiger partial charge in [0.1, 0.15) is 23.4 Å². The van der Waals surface area contributed by atoms with Crippen LogP contribution < -0.4 is 0 Å². The molecule has 13 heteroatoms. The molecule has 0 unspecified atom stereocenters. The number of nitrogens with zero attached hydrogens (tertiary/aromatic N) is 2. The molecule has 3 rings (SSSR count). The Kier molecular flexibility index (Phi) is 14.0. The summed E-state index contributed by atoms with van der Waals surface area (Å²) in [5.41, 5.74) is -0.965. The fourth-order valence-corrected chi connectivity index (χ4v) is 5.62. The standard InChI is InChI=1S/C36H53FN2O10/c1-35(2,3)49-34(44)39(7)28(21-36(4,5)37)33(43)48-29(20-24-11-13-25(14-12-24)26-15-17-46-18-16-26)31(41)38(6)27(19-23-9-10-23)32(42)47-22-30(40)45-8/h11-14,23,26-29H,9-10,15-22H2,1-8H3/t27-,28-,29+/m0/s1. The predicted molar refractivity (Wildman–Crippen MR) is 177 cm³/mol. The van der Waals surface area contributed by atoms with Gasteiger partial charge in [-0.2, -0.15) is 0 Å². The molecule has 1 saturated carbocycles. The van der Waals surface area contributed by atoms with Gasteiger partial charge < -0.3 is 28.6 Å². The first kappa shape index (κ1) is 39.7. The average molecular weight is 693 g/mol. The van der Waals surface area contributed by atoms with Crippen LogP contribution in [-0.2, 0) is 49.3 Å². The van der Waals surface area contributed by atoms with Gasteiger partial charge >= 0.3 is 24.0 Å². The fourth-order valence-electron chi connectivity index (χ4n) is 5.62. The molecule has 49 heavy (non-hydrogen) atoms. The molecule has 2 amide bonds. The van der Waals surface area contributed by atoms with Crippen LogP contribution in [0, 0.1) is 5.92 Å². The van der Waals surface area contributed by atoms with Crippen molar-refractivity contribution in [3.8, 4) is 0 Å². The van der Waals surface area contributed by atoms with Gasteiger partial charge in [-0.25, -0.2) is 23.6 Å². The fraction of sp³-hybridized carbons (Fsp3) is 0.694. The van der Waals surface area contributed by atoms with E-state index in [1.54, 1.807) is 20.8 Å². The maximum atomic E-state index is 15.0. The van der Waals surface area contributed by atoms with E-state index in [4.69, 9.17) is 18.9 Å². The van der Waals surface area contributed by atoms with Gasteiger partial charge in [0.05, 0.1) is 7.11 Å². The molecule has 1 aliphatic heterocycles. The van der Waals surface area contributed by atoms with E-state index in [2.05, 4.69) is 4.74 Å². The van der Waals surface area contributed by atoms with E-state index in [0.29, 0.717) is 31.1 Å². The Morgan fingerprint density at radius 3 is 2.04 bits per heavy atom. The van der Waals surface area contributed by atoms with Crippen LogP contribution in [0.3, 0.4) is 0 Å². The van der Waals surface area contributed by atoms with Crippen LogP contribution in [0.5, 0.6) is 0 Å². The van der Waals surface area contributed by atoms with E-state index in [0.717, 1.165) is 36.1 Å². The quantitative estimate of drug-likeness (QED) is 0.187. The number of carbonyl (C=O) groups excluding carboxylic acids is 5. The van der Waals surface area contributed by atoms with E-state index in [-0.39, 0.29) is 12.3 Å². The summed E-state index contributed by atoms with van der Waals surface area (Å²) >= 11 is 0. The smallest absolute Gasteiger partial charge is 0.410 e. The van der Waals surface area contributed by atoms with Crippen molar-refractivity contribution in [2.24, 2.45) is 5.92 Å². The first-order chi connectivity index (χ1) is 22.9. The summed E-state index contributed by atoms with van der Waals surface area (Å²) in [7, 11) is 3.89. The minimum absolute atomic E-state index is 0.0573. The molecule has 0 radical (unpaired) electrons. The Hall–Kier alpha value is -3.74. The molecule has 2 fully saturated rings. The Labute approximate surface area is 288 Å². The number of esters is 3. The third-order valence-corrected chi connectivity index (χ3v) is 8.63. The molecule has 1 saturated heterocycles. The summed E-state index contributed by atoms with van der Waals surface area (Å²) in [4.78, 5) is 68.0. The van der Waals surface area contributed by atoms with Crippen LogP contribution >= 0.6 is 0 Å². The lowest BCUT2D eigenvalue weighted by molar-refractivity contribution is -0.169. The van der Waals surface area contributed by atoms with Gasteiger partial charge in [0.15, 0.2) is 12.7 Å². The number of halogens is 1. The summed E-state index contributed by atoms with van der Waals surface area (Å²) in [6.07, 6.45) is 1.04.